The van der Waals surface area contributed by atoms with Crippen LogP contribution < -0.4 is 4.74 Å². The lowest BCUT2D eigenvalue weighted by atomic mass is 10.1. The van der Waals surface area contributed by atoms with E-state index >= 15 is 0 Å². The number of hydrogen-bond donors (Lipinski definition) is 1. The Morgan fingerprint density at radius 3 is 2.79 bits per heavy atom. The molecule has 0 saturated carbocycles. The van der Waals surface area contributed by atoms with E-state index in [9.17, 15) is 4.79 Å². The molecule has 0 spiro atoms. The predicted octanol–water partition coefficient (Wildman–Crippen LogP) is 2.39. The Bertz CT molecular complexity index is 476. The van der Waals surface area contributed by atoms with Gasteiger partial charge in [0.25, 0.3) is 0 Å². The fourth-order valence-corrected chi connectivity index (χ4v) is 2.37. The summed E-state index contributed by atoms with van der Waals surface area (Å²) in [6, 6.07) is 5.76. The highest BCUT2D eigenvalue weighted by Crippen LogP contribution is 2.24. The first kappa shape index (κ1) is 13.6. The molecule has 1 heterocycles. The summed E-state index contributed by atoms with van der Waals surface area (Å²) < 4.78 is 5.37. The van der Waals surface area contributed by atoms with Crippen molar-refractivity contribution in [3.05, 3.63) is 35.4 Å². The fourth-order valence-electron chi connectivity index (χ4n) is 2.37. The zero-order valence-corrected chi connectivity index (χ0v) is 11.1. The molecule has 0 radical (unpaired) electrons. The van der Waals surface area contributed by atoms with Gasteiger partial charge in [-0.1, -0.05) is 6.07 Å². The molecule has 1 aromatic rings. The van der Waals surface area contributed by atoms with Crippen molar-refractivity contribution in [2.45, 2.75) is 19.4 Å². The van der Waals surface area contributed by atoms with Crippen molar-refractivity contribution < 1.29 is 14.6 Å². The molecular formula is C15H19NO3. The van der Waals surface area contributed by atoms with Crippen LogP contribution in [0, 0.1) is 0 Å². The first-order valence-corrected chi connectivity index (χ1v) is 6.49. The summed E-state index contributed by atoms with van der Waals surface area (Å²) in [5.41, 5.74) is 1.99. The number of carboxylic acid groups (broad SMARTS) is 1. The highest BCUT2D eigenvalue weighted by Gasteiger charge is 2.14. The Hall–Kier alpha value is -1.81. The van der Waals surface area contributed by atoms with E-state index in [4.69, 9.17) is 9.84 Å². The molecule has 1 aromatic carbocycles. The Morgan fingerprint density at radius 2 is 2.16 bits per heavy atom. The number of carbonyl (C=O) groups is 1. The third kappa shape index (κ3) is 3.83. The van der Waals surface area contributed by atoms with Gasteiger partial charge in [-0.15, -0.1) is 0 Å². The van der Waals surface area contributed by atoms with Crippen molar-refractivity contribution >= 4 is 12.0 Å². The number of benzene rings is 1. The number of carboxylic acids is 1. The molecule has 4 heteroatoms. The average molecular weight is 261 g/mol. The number of likely N-dealkylation sites (tertiary alicyclic amines) is 1. The van der Waals surface area contributed by atoms with Crippen LogP contribution in [0.5, 0.6) is 5.75 Å². The van der Waals surface area contributed by atoms with Crippen molar-refractivity contribution in [2.75, 3.05) is 20.2 Å². The van der Waals surface area contributed by atoms with Gasteiger partial charge in [-0.3, -0.25) is 4.90 Å². The van der Waals surface area contributed by atoms with Gasteiger partial charge in [-0.25, -0.2) is 4.79 Å². The second-order valence-corrected chi connectivity index (χ2v) is 4.73. The normalized spacial score (nSPS) is 16.1. The third-order valence-corrected chi connectivity index (χ3v) is 3.32. The van der Waals surface area contributed by atoms with Crippen LogP contribution in [0.3, 0.4) is 0 Å². The quantitative estimate of drug-likeness (QED) is 0.827. The molecule has 19 heavy (non-hydrogen) atoms. The summed E-state index contributed by atoms with van der Waals surface area (Å²) in [4.78, 5) is 12.9. The fraction of sp³-hybridized carbons (Fsp3) is 0.400. The van der Waals surface area contributed by atoms with Crippen LogP contribution in [0.15, 0.2) is 24.3 Å². The maximum absolute atomic E-state index is 10.5. The number of rotatable bonds is 5. The van der Waals surface area contributed by atoms with Crippen LogP contribution in [-0.4, -0.2) is 36.2 Å². The van der Waals surface area contributed by atoms with Gasteiger partial charge in [0.05, 0.1) is 7.11 Å². The molecule has 1 saturated heterocycles. The summed E-state index contributed by atoms with van der Waals surface area (Å²) in [6.07, 6.45) is 5.26. The van der Waals surface area contributed by atoms with Crippen LogP contribution in [0.2, 0.25) is 0 Å². The van der Waals surface area contributed by atoms with E-state index in [0.29, 0.717) is 0 Å². The van der Waals surface area contributed by atoms with Crippen molar-refractivity contribution in [2.24, 2.45) is 0 Å². The molecule has 1 N–H and O–H groups in total. The van der Waals surface area contributed by atoms with Crippen molar-refractivity contribution in [3.63, 3.8) is 0 Å². The first-order valence-electron chi connectivity index (χ1n) is 6.49. The van der Waals surface area contributed by atoms with Crippen molar-refractivity contribution in [1.29, 1.82) is 0 Å². The first-order chi connectivity index (χ1) is 9.19. The molecule has 0 bridgehead atoms. The number of ether oxygens (including phenoxy) is 1. The standard InChI is InChI=1S/C15H19NO3/c1-19-14-6-4-12(5-7-15(17)18)10-13(14)11-16-8-2-3-9-16/h4-7,10H,2-3,8-9,11H2,1H3,(H,17,18)/b7-5+. The van der Waals surface area contributed by atoms with E-state index in [0.717, 1.165) is 42.6 Å². The number of aliphatic carboxylic acids is 1. The van der Waals surface area contributed by atoms with E-state index < -0.39 is 5.97 Å². The summed E-state index contributed by atoms with van der Waals surface area (Å²) in [7, 11) is 1.66. The maximum atomic E-state index is 10.5. The van der Waals surface area contributed by atoms with Crippen LogP contribution >= 0.6 is 0 Å². The van der Waals surface area contributed by atoms with Crippen LogP contribution in [0.25, 0.3) is 6.08 Å². The van der Waals surface area contributed by atoms with Crippen LogP contribution in [0.4, 0.5) is 0 Å². The van der Waals surface area contributed by atoms with Crippen molar-refractivity contribution in [1.82, 2.24) is 4.90 Å². The lowest BCUT2D eigenvalue weighted by Gasteiger charge is -2.17. The van der Waals surface area contributed by atoms with E-state index in [1.807, 2.05) is 18.2 Å². The lowest BCUT2D eigenvalue weighted by molar-refractivity contribution is -0.131. The Balaban J connectivity index is 2.17. The van der Waals surface area contributed by atoms with Gasteiger partial charge in [0.15, 0.2) is 0 Å². The molecule has 4 nitrogen and oxygen atoms in total. The highest BCUT2D eigenvalue weighted by atomic mass is 16.5. The predicted molar refractivity (Wildman–Crippen MR) is 74.2 cm³/mol. The molecule has 102 valence electrons. The molecule has 1 aliphatic heterocycles. The van der Waals surface area contributed by atoms with E-state index in [2.05, 4.69) is 4.90 Å². The van der Waals surface area contributed by atoms with Gasteiger partial charge < -0.3 is 9.84 Å². The number of methoxy groups -OCH3 is 1. The van der Waals surface area contributed by atoms with Gasteiger partial charge >= 0.3 is 5.97 Å². The molecule has 0 amide bonds. The minimum atomic E-state index is -0.933. The van der Waals surface area contributed by atoms with Gasteiger partial charge in [-0.05, 0) is 49.7 Å². The molecule has 1 fully saturated rings. The molecule has 0 aliphatic carbocycles. The van der Waals surface area contributed by atoms with Crippen LogP contribution in [0.1, 0.15) is 24.0 Å². The monoisotopic (exact) mass is 261 g/mol. The summed E-state index contributed by atoms with van der Waals surface area (Å²) in [5, 5.41) is 8.65. The molecule has 0 aromatic heterocycles. The Labute approximate surface area is 113 Å². The molecule has 0 atom stereocenters. The second kappa shape index (κ2) is 6.38. The average Bonchev–Trinajstić information content (AvgIpc) is 2.89. The molecule has 1 aliphatic rings. The summed E-state index contributed by atoms with van der Waals surface area (Å²) >= 11 is 0. The topological polar surface area (TPSA) is 49.8 Å². The van der Waals surface area contributed by atoms with Gasteiger partial charge in [0.1, 0.15) is 5.75 Å². The molecule has 2 rings (SSSR count). The van der Waals surface area contributed by atoms with Crippen LogP contribution in [-0.2, 0) is 11.3 Å². The van der Waals surface area contributed by atoms with E-state index in [1.165, 1.54) is 12.8 Å². The highest BCUT2D eigenvalue weighted by molar-refractivity contribution is 5.85. The van der Waals surface area contributed by atoms with Crippen molar-refractivity contribution in [3.8, 4) is 5.75 Å². The van der Waals surface area contributed by atoms with E-state index in [-0.39, 0.29) is 0 Å². The summed E-state index contributed by atoms with van der Waals surface area (Å²) in [5.74, 6) is -0.0729. The zero-order chi connectivity index (χ0) is 13.7. The number of nitrogens with zero attached hydrogens (tertiary/aromatic N) is 1. The Morgan fingerprint density at radius 1 is 1.42 bits per heavy atom. The maximum Gasteiger partial charge on any atom is 0.328 e. The van der Waals surface area contributed by atoms with Gasteiger partial charge in [0.2, 0.25) is 0 Å². The largest absolute Gasteiger partial charge is 0.496 e. The molecule has 0 unspecified atom stereocenters. The summed E-state index contributed by atoms with van der Waals surface area (Å²) in [6.45, 7) is 3.11. The number of hydrogen-bond acceptors (Lipinski definition) is 3. The van der Waals surface area contributed by atoms with Gasteiger partial charge in [0, 0.05) is 18.2 Å². The second-order valence-electron chi connectivity index (χ2n) is 4.73. The third-order valence-electron chi connectivity index (χ3n) is 3.32. The zero-order valence-electron chi connectivity index (χ0n) is 11.1. The minimum absolute atomic E-state index is 0.859. The van der Waals surface area contributed by atoms with Gasteiger partial charge in [-0.2, -0.15) is 0 Å². The molecular weight excluding hydrogens is 242 g/mol. The smallest absolute Gasteiger partial charge is 0.328 e. The SMILES string of the molecule is COc1ccc(/C=C/C(=O)O)cc1CN1CCCC1. The Kier molecular flexibility index (Phi) is 4.58. The minimum Gasteiger partial charge on any atom is -0.496 e. The lowest BCUT2D eigenvalue weighted by Crippen LogP contribution is -2.18. The van der Waals surface area contributed by atoms with E-state index in [1.54, 1.807) is 13.2 Å².